The maximum Gasteiger partial charge on any atom is 0.340 e. The number of halogens is 1. The van der Waals surface area contributed by atoms with Gasteiger partial charge in [-0.25, -0.2) is 4.79 Å². The second kappa shape index (κ2) is 6.77. The Morgan fingerprint density at radius 1 is 1.30 bits per heavy atom. The molecule has 5 heteroatoms. The Morgan fingerprint density at radius 3 is 2.70 bits per heavy atom. The molecule has 0 aliphatic heterocycles. The summed E-state index contributed by atoms with van der Waals surface area (Å²) in [5.74, 6) is -0.393. The van der Waals surface area contributed by atoms with Crippen LogP contribution >= 0.6 is 22.9 Å². The number of esters is 1. The fourth-order valence-electron chi connectivity index (χ4n) is 1.84. The first-order chi connectivity index (χ1) is 9.63. The number of ether oxygens (including phenoxy) is 1. The number of anilines is 1. The van der Waals surface area contributed by atoms with Crippen molar-refractivity contribution in [3.05, 3.63) is 50.7 Å². The summed E-state index contributed by atoms with van der Waals surface area (Å²) in [6, 6.07) is 9.39. The molecule has 0 spiro atoms. The lowest BCUT2D eigenvalue weighted by molar-refractivity contribution is 0.0602. The molecule has 0 radical (unpaired) electrons. The normalized spacial score (nSPS) is 10.3. The number of benzene rings is 1. The van der Waals surface area contributed by atoms with Crippen molar-refractivity contribution in [3.8, 4) is 0 Å². The summed E-state index contributed by atoms with van der Waals surface area (Å²) in [4.78, 5) is 14.3. The summed E-state index contributed by atoms with van der Waals surface area (Å²) in [6.07, 6.45) is 1.04. The van der Waals surface area contributed by atoms with E-state index in [-0.39, 0.29) is 0 Å². The van der Waals surface area contributed by atoms with E-state index in [9.17, 15) is 4.79 Å². The Bertz CT molecular complexity index is 610. The predicted octanol–water partition coefficient (Wildman–Crippen LogP) is 4.36. The Balaban J connectivity index is 2.14. The van der Waals surface area contributed by atoms with E-state index >= 15 is 0 Å². The number of methoxy groups -OCH3 is 1. The summed E-state index contributed by atoms with van der Waals surface area (Å²) in [7, 11) is 1.36. The number of carbonyl (C=O) groups excluding carboxylic acids is 1. The summed E-state index contributed by atoms with van der Waals surface area (Å²) < 4.78 is 4.77. The monoisotopic (exact) mass is 309 g/mol. The van der Waals surface area contributed by atoms with Crippen LogP contribution in [0.1, 0.15) is 27.0 Å². The predicted molar refractivity (Wildman–Crippen MR) is 83.8 cm³/mol. The zero-order valence-electron chi connectivity index (χ0n) is 11.4. The highest BCUT2D eigenvalue weighted by Gasteiger charge is 2.12. The highest BCUT2D eigenvalue weighted by molar-refractivity contribution is 7.12. The van der Waals surface area contributed by atoms with Crippen molar-refractivity contribution in [1.29, 1.82) is 0 Å². The first kappa shape index (κ1) is 14.9. The highest BCUT2D eigenvalue weighted by Crippen LogP contribution is 2.23. The maximum atomic E-state index is 11.7. The minimum Gasteiger partial charge on any atom is -0.465 e. The van der Waals surface area contributed by atoms with Crippen molar-refractivity contribution < 1.29 is 9.53 Å². The van der Waals surface area contributed by atoms with Gasteiger partial charge in [0.25, 0.3) is 0 Å². The molecule has 20 heavy (non-hydrogen) atoms. The summed E-state index contributed by atoms with van der Waals surface area (Å²) >= 11 is 7.69. The van der Waals surface area contributed by atoms with Crippen LogP contribution in [0.25, 0.3) is 0 Å². The first-order valence-corrected chi connectivity index (χ1v) is 7.52. The molecule has 106 valence electrons. The molecule has 1 aromatic carbocycles. The molecule has 3 nitrogen and oxygen atoms in total. The molecule has 2 rings (SSSR count). The van der Waals surface area contributed by atoms with E-state index in [0.29, 0.717) is 17.1 Å². The van der Waals surface area contributed by atoms with Gasteiger partial charge in [-0.05, 0) is 36.8 Å². The second-order valence-electron chi connectivity index (χ2n) is 4.26. The Hall–Kier alpha value is -1.52. The molecule has 0 aliphatic rings. The topological polar surface area (TPSA) is 38.3 Å². The Morgan fingerprint density at radius 2 is 2.05 bits per heavy atom. The number of hydrogen-bond donors (Lipinski definition) is 1. The van der Waals surface area contributed by atoms with Crippen molar-refractivity contribution in [1.82, 2.24) is 0 Å². The van der Waals surface area contributed by atoms with Crippen LogP contribution in [0.15, 0.2) is 30.3 Å². The molecule has 0 bridgehead atoms. The van der Waals surface area contributed by atoms with Crippen LogP contribution in [0.3, 0.4) is 0 Å². The number of rotatable bonds is 5. The van der Waals surface area contributed by atoms with Crippen LogP contribution in [0.2, 0.25) is 5.02 Å². The van der Waals surface area contributed by atoms with Crippen LogP contribution in [-0.2, 0) is 17.7 Å². The van der Waals surface area contributed by atoms with E-state index in [1.165, 1.54) is 16.9 Å². The van der Waals surface area contributed by atoms with Gasteiger partial charge >= 0.3 is 5.97 Å². The SMILES string of the molecule is CCc1ccc(CNc2ccc(Cl)cc2C(=O)OC)s1. The van der Waals surface area contributed by atoms with Gasteiger partial charge in [0.2, 0.25) is 0 Å². The molecule has 0 saturated heterocycles. The van der Waals surface area contributed by atoms with E-state index in [2.05, 4.69) is 24.4 Å². The average molecular weight is 310 g/mol. The number of nitrogens with one attached hydrogen (secondary N) is 1. The van der Waals surface area contributed by atoms with E-state index < -0.39 is 5.97 Å². The molecular weight excluding hydrogens is 294 g/mol. The lowest BCUT2D eigenvalue weighted by atomic mass is 10.2. The van der Waals surface area contributed by atoms with Crippen molar-refractivity contribution in [2.24, 2.45) is 0 Å². The number of hydrogen-bond acceptors (Lipinski definition) is 4. The Labute approximate surface area is 127 Å². The summed E-state index contributed by atoms with van der Waals surface area (Å²) in [5, 5.41) is 3.77. The fraction of sp³-hybridized carbons (Fsp3) is 0.267. The van der Waals surface area contributed by atoms with Gasteiger partial charge < -0.3 is 10.1 Å². The van der Waals surface area contributed by atoms with Crippen LogP contribution in [-0.4, -0.2) is 13.1 Å². The maximum absolute atomic E-state index is 11.7. The van der Waals surface area contributed by atoms with Crippen LogP contribution in [0.5, 0.6) is 0 Å². The smallest absolute Gasteiger partial charge is 0.340 e. The molecule has 0 amide bonds. The molecule has 1 heterocycles. The average Bonchev–Trinajstić information content (AvgIpc) is 2.93. The zero-order chi connectivity index (χ0) is 14.5. The quantitative estimate of drug-likeness (QED) is 0.834. The third-order valence-corrected chi connectivity index (χ3v) is 4.37. The van der Waals surface area contributed by atoms with E-state index in [1.54, 1.807) is 29.5 Å². The summed E-state index contributed by atoms with van der Waals surface area (Å²) in [5.41, 5.74) is 1.18. The molecular formula is C15H16ClNO2S. The van der Waals surface area contributed by atoms with Gasteiger partial charge in [0.15, 0.2) is 0 Å². The molecule has 0 aliphatic carbocycles. The molecule has 1 N–H and O–H groups in total. The van der Waals surface area contributed by atoms with Gasteiger partial charge in [-0.1, -0.05) is 18.5 Å². The lowest BCUT2D eigenvalue weighted by Gasteiger charge is -2.10. The van der Waals surface area contributed by atoms with Gasteiger partial charge in [-0.15, -0.1) is 11.3 Å². The zero-order valence-corrected chi connectivity index (χ0v) is 13.0. The number of aryl methyl sites for hydroxylation is 1. The third-order valence-electron chi connectivity index (χ3n) is 2.91. The molecule has 2 aromatic rings. The van der Waals surface area contributed by atoms with Gasteiger partial charge in [0, 0.05) is 27.0 Å². The van der Waals surface area contributed by atoms with Crippen LogP contribution in [0, 0.1) is 0 Å². The van der Waals surface area contributed by atoms with Gasteiger partial charge in [0.1, 0.15) is 0 Å². The summed E-state index contributed by atoms with van der Waals surface area (Å²) in [6.45, 7) is 2.81. The minimum atomic E-state index is -0.393. The van der Waals surface area contributed by atoms with E-state index in [1.807, 2.05) is 0 Å². The molecule has 0 saturated carbocycles. The first-order valence-electron chi connectivity index (χ1n) is 6.33. The van der Waals surface area contributed by atoms with Gasteiger partial charge in [-0.2, -0.15) is 0 Å². The van der Waals surface area contributed by atoms with Crippen molar-refractivity contribution in [2.75, 3.05) is 12.4 Å². The molecule has 0 fully saturated rings. The van der Waals surface area contributed by atoms with Crippen LogP contribution in [0.4, 0.5) is 5.69 Å². The fourth-order valence-corrected chi connectivity index (χ4v) is 2.91. The van der Waals surface area contributed by atoms with Gasteiger partial charge in [-0.3, -0.25) is 0 Å². The second-order valence-corrected chi connectivity index (χ2v) is 5.95. The third kappa shape index (κ3) is 3.52. The highest BCUT2D eigenvalue weighted by atomic mass is 35.5. The standard InChI is InChI=1S/C15H16ClNO2S/c1-3-11-5-6-12(20-11)9-17-14-7-4-10(16)8-13(14)15(18)19-2/h4-8,17H,3,9H2,1-2H3. The van der Waals surface area contributed by atoms with Crippen molar-refractivity contribution in [2.45, 2.75) is 19.9 Å². The molecule has 0 unspecified atom stereocenters. The number of thiophene rings is 1. The number of carbonyl (C=O) groups is 1. The Kier molecular flexibility index (Phi) is 5.04. The minimum absolute atomic E-state index is 0.393. The van der Waals surface area contributed by atoms with Crippen molar-refractivity contribution >= 4 is 34.6 Å². The largest absolute Gasteiger partial charge is 0.465 e. The van der Waals surface area contributed by atoms with Gasteiger partial charge in [0.05, 0.1) is 12.7 Å². The lowest BCUT2D eigenvalue weighted by Crippen LogP contribution is -2.07. The molecule has 0 atom stereocenters. The van der Waals surface area contributed by atoms with E-state index in [4.69, 9.17) is 16.3 Å². The molecule has 1 aromatic heterocycles. The van der Waals surface area contributed by atoms with E-state index in [0.717, 1.165) is 12.1 Å². The van der Waals surface area contributed by atoms with Crippen molar-refractivity contribution in [3.63, 3.8) is 0 Å². The van der Waals surface area contributed by atoms with Crippen LogP contribution < -0.4 is 5.32 Å².